The van der Waals surface area contributed by atoms with Gasteiger partial charge in [-0.2, -0.15) is 20.3 Å². The van der Waals surface area contributed by atoms with Crippen LogP contribution in [0.3, 0.4) is 0 Å². The van der Waals surface area contributed by atoms with Crippen molar-refractivity contribution in [2.45, 2.75) is 18.6 Å². The van der Waals surface area contributed by atoms with Gasteiger partial charge >= 0.3 is 0 Å². The highest BCUT2D eigenvalue weighted by molar-refractivity contribution is 5.34. The van der Waals surface area contributed by atoms with E-state index in [-0.39, 0.29) is 0 Å². The number of benzene rings is 1. The predicted octanol–water partition coefficient (Wildman–Crippen LogP) is 2.20. The highest BCUT2D eigenvalue weighted by Gasteiger charge is 2.34. The van der Waals surface area contributed by atoms with E-state index in [2.05, 4.69) is 26.2 Å². The molecule has 4 aromatic rings. The summed E-state index contributed by atoms with van der Waals surface area (Å²) in [5, 5.41) is 27.7. The standard InChI is InChI=1S/C22H19N7O2/c23-10-15-1-3-16(4-2-15)17-12-28(13-17)22(30)20-14-31-21(27-20)9-18-5-6-19(11-24-18)29-25-7-8-26-29/h1-8,11,14,17,22,30H,9,12-13H2. The van der Waals surface area contributed by atoms with Crippen LogP contribution in [0.15, 0.2) is 65.7 Å². The van der Waals surface area contributed by atoms with Crippen molar-refractivity contribution in [2.24, 2.45) is 0 Å². The van der Waals surface area contributed by atoms with E-state index in [9.17, 15) is 5.11 Å². The van der Waals surface area contributed by atoms with Gasteiger partial charge in [-0.25, -0.2) is 4.98 Å². The van der Waals surface area contributed by atoms with Gasteiger partial charge in [-0.15, -0.1) is 0 Å². The first-order chi connectivity index (χ1) is 15.2. The largest absolute Gasteiger partial charge is 0.448 e. The predicted molar refractivity (Wildman–Crippen MR) is 109 cm³/mol. The maximum absolute atomic E-state index is 10.6. The van der Waals surface area contributed by atoms with Crippen molar-refractivity contribution in [1.29, 1.82) is 5.26 Å². The molecular weight excluding hydrogens is 394 g/mol. The number of nitriles is 1. The Morgan fingerprint density at radius 2 is 1.90 bits per heavy atom. The van der Waals surface area contributed by atoms with Gasteiger partial charge < -0.3 is 9.52 Å². The van der Waals surface area contributed by atoms with Crippen LogP contribution in [0.25, 0.3) is 5.69 Å². The molecule has 1 unspecified atom stereocenters. The van der Waals surface area contributed by atoms with Gasteiger partial charge in [0.05, 0.1) is 36.6 Å². The zero-order chi connectivity index (χ0) is 21.2. The summed E-state index contributed by atoms with van der Waals surface area (Å²) in [6, 6.07) is 13.5. The molecule has 0 amide bonds. The second-order valence-electron chi connectivity index (χ2n) is 7.43. The molecule has 1 N–H and O–H groups in total. The van der Waals surface area contributed by atoms with E-state index in [0.29, 0.717) is 29.5 Å². The number of oxazole rings is 1. The minimum absolute atomic E-state index is 0.334. The molecule has 1 aromatic carbocycles. The van der Waals surface area contributed by atoms with Gasteiger partial charge in [-0.1, -0.05) is 12.1 Å². The fourth-order valence-electron chi connectivity index (χ4n) is 3.61. The summed E-state index contributed by atoms with van der Waals surface area (Å²) in [6.45, 7) is 1.44. The first-order valence-corrected chi connectivity index (χ1v) is 9.87. The Hall–Kier alpha value is -3.87. The molecule has 4 heterocycles. The molecule has 0 spiro atoms. The quantitative estimate of drug-likeness (QED) is 0.511. The Bertz CT molecular complexity index is 1190. The molecule has 31 heavy (non-hydrogen) atoms. The van der Waals surface area contributed by atoms with E-state index in [1.807, 2.05) is 41.3 Å². The van der Waals surface area contributed by atoms with Gasteiger partial charge in [0.25, 0.3) is 0 Å². The zero-order valence-electron chi connectivity index (χ0n) is 16.5. The summed E-state index contributed by atoms with van der Waals surface area (Å²) in [5.74, 6) is 0.830. The Morgan fingerprint density at radius 3 is 2.58 bits per heavy atom. The van der Waals surface area contributed by atoms with Gasteiger partial charge in [-0.3, -0.25) is 9.88 Å². The lowest BCUT2D eigenvalue weighted by atomic mass is 9.90. The number of aliphatic hydroxyl groups is 1. The van der Waals surface area contributed by atoms with E-state index >= 15 is 0 Å². The third-order valence-corrected chi connectivity index (χ3v) is 5.39. The number of rotatable bonds is 6. The Morgan fingerprint density at radius 1 is 1.13 bits per heavy atom. The van der Waals surface area contributed by atoms with E-state index in [4.69, 9.17) is 9.68 Å². The molecule has 1 aliphatic heterocycles. The molecule has 3 aromatic heterocycles. The molecule has 0 radical (unpaired) electrons. The normalized spacial score (nSPS) is 15.4. The molecule has 9 nitrogen and oxygen atoms in total. The third-order valence-electron chi connectivity index (χ3n) is 5.39. The van der Waals surface area contributed by atoms with Crippen LogP contribution in [0.4, 0.5) is 0 Å². The lowest BCUT2D eigenvalue weighted by Crippen LogP contribution is -2.47. The van der Waals surface area contributed by atoms with Gasteiger partial charge in [0.2, 0.25) is 0 Å². The van der Waals surface area contributed by atoms with Crippen LogP contribution in [0.2, 0.25) is 0 Å². The van der Waals surface area contributed by atoms with Crippen molar-refractivity contribution in [2.75, 3.05) is 13.1 Å². The first kappa shape index (κ1) is 19.1. The number of hydrogen-bond acceptors (Lipinski definition) is 8. The summed E-state index contributed by atoms with van der Waals surface area (Å²) in [7, 11) is 0. The topological polar surface area (TPSA) is 117 Å². The van der Waals surface area contributed by atoms with Crippen LogP contribution in [0.5, 0.6) is 0 Å². The average Bonchev–Trinajstić information content (AvgIpc) is 3.46. The van der Waals surface area contributed by atoms with Crippen LogP contribution in [0.1, 0.15) is 40.6 Å². The molecule has 0 aliphatic carbocycles. The summed E-state index contributed by atoms with van der Waals surface area (Å²) in [6.07, 6.45) is 6.02. The van der Waals surface area contributed by atoms with Crippen molar-refractivity contribution in [3.8, 4) is 11.8 Å². The highest BCUT2D eigenvalue weighted by atomic mass is 16.3. The monoisotopic (exact) mass is 413 g/mol. The van der Waals surface area contributed by atoms with Gasteiger partial charge in [0.15, 0.2) is 12.1 Å². The van der Waals surface area contributed by atoms with Crippen molar-refractivity contribution in [3.05, 3.63) is 89.7 Å². The van der Waals surface area contributed by atoms with E-state index < -0.39 is 6.23 Å². The number of likely N-dealkylation sites (tertiary alicyclic amines) is 1. The van der Waals surface area contributed by atoms with Gasteiger partial charge in [-0.05, 0) is 29.8 Å². The fraction of sp³-hybridized carbons (Fsp3) is 0.227. The zero-order valence-corrected chi connectivity index (χ0v) is 16.5. The molecule has 0 saturated carbocycles. The smallest absolute Gasteiger partial charge is 0.200 e. The second-order valence-corrected chi connectivity index (χ2v) is 7.43. The molecule has 9 heteroatoms. The molecule has 0 bridgehead atoms. The Balaban J connectivity index is 1.18. The van der Waals surface area contributed by atoms with Crippen LogP contribution in [-0.4, -0.2) is 48.1 Å². The molecule has 154 valence electrons. The molecule has 5 rings (SSSR count). The minimum atomic E-state index is -0.812. The molecule has 1 atom stereocenters. The van der Waals surface area contributed by atoms with Crippen LogP contribution in [-0.2, 0) is 6.42 Å². The Kier molecular flexibility index (Phi) is 5.00. The summed E-state index contributed by atoms with van der Waals surface area (Å²) < 4.78 is 5.55. The fourth-order valence-corrected chi connectivity index (χ4v) is 3.61. The number of hydrogen-bond donors (Lipinski definition) is 1. The van der Waals surface area contributed by atoms with Gasteiger partial charge in [0.1, 0.15) is 17.6 Å². The molecule has 1 fully saturated rings. The minimum Gasteiger partial charge on any atom is -0.448 e. The van der Waals surface area contributed by atoms with Crippen molar-refractivity contribution in [3.63, 3.8) is 0 Å². The SMILES string of the molecule is N#Cc1ccc(C2CN(C(O)c3coc(Cc4ccc(-n5nccn5)cn4)n3)C2)cc1. The number of nitrogens with zero attached hydrogens (tertiary/aromatic N) is 7. The first-order valence-electron chi connectivity index (χ1n) is 9.87. The van der Waals surface area contributed by atoms with Crippen LogP contribution < -0.4 is 0 Å². The summed E-state index contributed by atoms with van der Waals surface area (Å²) >= 11 is 0. The van der Waals surface area contributed by atoms with E-state index in [0.717, 1.165) is 24.5 Å². The summed E-state index contributed by atoms with van der Waals surface area (Å²) in [4.78, 5) is 12.3. The molecular formula is C22H19N7O2. The maximum atomic E-state index is 10.6. The van der Waals surface area contributed by atoms with E-state index in [1.165, 1.54) is 16.6 Å². The number of aliphatic hydroxyl groups excluding tert-OH is 1. The van der Waals surface area contributed by atoms with Crippen molar-refractivity contribution in [1.82, 2.24) is 29.9 Å². The number of aromatic nitrogens is 5. The number of pyridine rings is 1. The van der Waals surface area contributed by atoms with E-state index in [1.54, 1.807) is 18.6 Å². The van der Waals surface area contributed by atoms with Crippen LogP contribution in [0, 0.1) is 11.3 Å². The van der Waals surface area contributed by atoms with Crippen molar-refractivity contribution >= 4 is 0 Å². The summed E-state index contributed by atoms with van der Waals surface area (Å²) in [5.41, 5.74) is 3.88. The highest BCUT2D eigenvalue weighted by Crippen LogP contribution is 2.33. The lowest BCUT2D eigenvalue weighted by Gasteiger charge is -2.41. The van der Waals surface area contributed by atoms with Crippen LogP contribution >= 0.6 is 0 Å². The maximum Gasteiger partial charge on any atom is 0.200 e. The lowest BCUT2D eigenvalue weighted by molar-refractivity contribution is -0.0510. The Labute approximate surface area is 178 Å². The van der Waals surface area contributed by atoms with Crippen molar-refractivity contribution < 1.29 is 9.52 Å². The molecule has 1 aliphatic rings. The molecule has 1 saturated heterocycles. The second kappa shape index (κ2) is 8.10. The average molecular weight is 413 g/mol. The van der Waals surface area contributed by atoms with Gasteiger partial charge in [0, 0.05) is 24.7 Å². The third kappa shape index (κ3) is 3.94.